The second-order valence-electron chi connectivity index (χ2n) is 9.11. The van der Waals surface area contributed by atoms with Gasteiger partial charge in [-0.3, -0.25) is 14.9 Å². The molecule has 2 aliphatic heterocycles. The first kappa shape index (κ1) is 25.3. The van der Waals surface area contributed by atoms with E-state index >= 15 is 0 Å². The van der Waals surface area contributed by atoms with E-state index in [9.17, 15) is 14.4 Å². The number of halogens is 1. The number of ether oxygens (including phenoxy) is 2. The molecule has 188 valence electrons. The first-order valence-corrected chi connectivity index (χ1v) is 11.8. The van der Waals surface area contributed by atoms with Gasteiger partial charge >= 0.3 is 6.03 Å². The molecule has 2 aliphatic rings. The Labute approximate surface area is 215 Å². The third-order valence-corrected chi connectivity index (χ3v) is 6.77. The molecule has 0 unspecified atom stereocenters. The summed E-state index contributed by atoms with van der Waals surface area (Å²) in [6.45, 7) is 9.15. The van der Waals surface area contributed by atoms with E-state index in [1.165, 1.54) is 26.4 Å². The monoisotopic (exact) mass is 509 g/mol. The van der Waals surface area contributed by atoms with Crippen LogP contribution >= 0.6 is 11.6 Å². The number of likely N-dealkylation sites (N-methyl/N-ethyl adjacent to an activating group) is 1. The van der Waals surface area contributed by atoms with Crippen LogP contribution in [0.4, 0.5) is 16.2 Å². The van der Waals surface area contributed by atoms with Crippen LogP contribution < -0.4 is 24.6 Å². The summed E-state index contributed by atoms with van der Waals surface area (Å²) in [7, 11) is 2.91. The lowest BCUT2D eigenvalue weighted by Gasteiger charge is -2.43. The zero-order valence-corrected chi connectivity index (χ0v) is 21.8. The molecule has 2 heterocycles. The van der Waals surface area contributed by atoms with Crippen molar-refractivity contribution in [1.82, 2.24) is 5.32 Å². The Kier molecular flexibility index (Phi) is 6.58. The molecule has 1 fully saturated rings. The molecular formula is C27H28ClN3O5. The maximum atomic E-state index is 13.4. The maximum Gasteiger partial charge on any atom is 0.336 e. The zero-order chi connectivity index (χ0) is 26.4. The summed E-state index contributed by atoms with van der Waals surface area (Å²) < 4.78 is 10.6. The summed E-state index contributed by atoms with van der Waals surface area (Å²) in [5.74, 6) is -0.863. The molecular weight excluding hydrogens is 482 g/mol. The Morgan fingerprint density at radius 2 is 1.78 bits per heavy atom. The van der Waals surface area contributed by atoms with Gasteiger partial charge in [0.2, 0.25) is 0 Å². The Morgan fingerprint density at radius 1 is 1.06 bits per heavy atom. The van der Waals surface area contributed by atoms with Crippen molar-refractivity contribution in [2.45, 2.75) is 33.2 Å². The smallest absolute Gasteiger partial charge is 0.336 e. The van der Waals surface area contributed by atoms with E-state index in [2.05, 4.69) is 37.1 Å². The fourth-order valence-corrected chi connectivity index (χ4v) is 5.02. The molecule has 0 radical (unpaired) electrons. The third-order valence-electron chi connectivity index (χ3n) is 6.44. The number of allylic oxidation sites excluding steroid dienone is 1. The van der Waals surface area contributed by atoms with Crippen molar-refractivity contribution in [3.63, 3.8) is 0 Å². The number of carbonyl (C=O) groups excluding carboxylic acids is 3. The van der Waals surface area contributed by atoms with Gasteiger partial charge in [-0.2, -0.15) is 0 Å². The van der Waals surface area contributed by atoms with Crippen LogP contribution in [-0.4, -0.2) is 44.1 Å². The standard InChI is InChI=1S/C27H28ClN3O5/c1-7-30-22-13-20(28)16(10-18(22)15(2)14-27(30,3)4)11-19-24(32)29-26(34)31(25(19)33)21-9-8-17(35-5)12-23(21)36-6/h8-14H,7H2,1-6H3,(H,29,32,34)/b19-11-. The van der Waals surface area contributed by atoms with Gasteiger partial charge in [-0.1, -0.05) is 17.7 Å². The van der Waals surface area contributed by atoms with Crippen LogP contribution in [0.25, 0.3) is 11.6 Å². The SMILES string of the molecule is CCN1c2cc(Cl)c(/C=C3/C(=O)NC(=O)N(c4ccc(OC)cc4OC)C3=O)cc2C(C)=CC1(C)C. The van der Waals surface area contributed by atoms with Gasteiger partial charge in [0.25, 0.3) is 11.8 Å². The number of hydrogen-bond donors (Lipinski definition) is 1. The van der Waals surface area contributed by atoms with Crippen molar-refractivity contribution in [2.24, 2.45) is 0 Å². The third kappa shape index (κ3) is 4.22. The summed E-state index contributed by atoms with van der Waals surface area (Å²) in [5, 5.41) is 2.62. The van der Waals surface area contributed by atoms with E-state index in [0.717, 1.165) is 28.3 Å². The van der Waals surface area contributed by atoms with E-state index in [1.54, 1.807) is 12.1 Å². The van der Waals surface area contributed by atoms with Gasteiger partial charge in [-0.15, -0.1) is 0 Å². The number of hydrogen-bond acceptors (Lipinski definition) is 6. The Morgan fingerprint density at radius 3 is 2.42 bits per heavy atom. The molecule has 0 atom stereocenters. The molecule has 0 aliphatic carbocycles. The summed E-state index contributed by atoms with van der Waals surface area (Å²) in [6, 6.07) is 7.50. The van der Waals surface area contributed by atoms with Gasteiger partial charge in [0.05, 0.1) is 25.4 Å². The second-order valence-corrected chi connectivity index (χ2v) is 9.52. The average molecular weight is 510 g/mol. The van der Waals surface area contributed by atoms with E-state index in [0.29, 0.717) is 16.3 Å². The zero-order valence-electron chi connectivity index (χ0n) is 21.1. The van der Waals surface area contributed by atoms with Gasteiger partial charge in [0, 0.05) is 28.9 Å². The molecule has 1 saturated heterocycles. The van der Waals surface area contributed by atoms with Gasteiger partial charge in [0.15, 0.2) is 0 Å². The first-order valence-electron chi connectivity index (χ1n) is 11.5. The number of methoxy groups -OCH3 is 2. The predicted molar refractivity (Wildman–Crippen MR) is 141 cm³/mol. The molecule has 1 N–H and O–H groups in total. The van der Waals surface area contributed by atoms with Crippen LogP contribution in [-0.2, 0) is 9.59 Å². The molecule has 8 nitrogen and oxygen atoms in total. The summed E-state index contributed by atoms with van der Waals surface area (Å²) in [5.41, 5.74) is 3.26. The average Bonchev–Trinajstić information content (AvgIpc) is 2.82. The molecule has 0 bridgehead atoms. The number of amides is 4. The van der Waals surface area contributed by atoms with Crippen LogP contribution in [0.15, 0.2) is 42.0 Å². The number of nitrogens with zero attached hydrogens (tertiary/aromatic N) is 2. The maximum absolute atomic E-state index is 13.4. The van der Waals surface area contributed by atoms with Crippen LogP contribution in [0.3, 0.4) is 0 Å². The predicted octanol–water partition coefficient (Wildman–Crippen LogP) is 5.05. The summed E-state index contributed by atoms with van der Waals surface area (Å²) in [6.07, 6.45) is 3.59. The topological polar surface area (TPSA) is 88.2 Å². The Balaban J connectivity index is 1.80. The fourth-order valence-electron chi connectivity index (χ4n) is 4.80. The molecule has 0 saturated carbocycles. The van der Waals surface area contributed by atoms with Gasteiger partial charge < -0.3 is 14.4 Å². The lowest BCUT2D eigenvalue weighted by atomic mass is 9.87. The quantitative estimate of drug-likeness (QED) is 0.448. The normalized spacial score (nSPS) is 18.1. The highest BCUT2D eigenvalue weighted by Crippen LogP contribution is 2.42. The summed E-state index contributed by atoms with van der Waals surface area (Å²) in [4.78, 5) is 42.0. The number of fused-ring (bicyclic) bond motifs is 1. The Bertz CT molecular complexity index is 1350. The number of carbonyl (C=O) groups is 3. The highest BCUT2D eigenvalue weighted by atomic mass is 35.5. The molecule has 0 spiro atoms. The molecule has 4 amide bonds. The summed E-state index contributed by atoms with van der Waals surface area (Å²) >= 11 is 6.65. The minimum atomic E-state index is -0.873. The number of nitrogens with one attached hydrogen (secondary N) is 1. The Hall–Kier alpha value is -3.78. The van der Waals surface area contributed by atoms with E-state index in [-0.39, 0.29) is 22.5 Å². The lowest BCUT2D eigenvalue weighted by Crippen LogP contribution is -2.54. The van der Waals surface area contributed by atoms with Crippen LogP contribution in [0.2, 0.25) is 5.02 Å². The number of imide groups is 2. The molecule has 36 heavy (non-hydrogen) atoms. The van der Waals surface area contributed by atoms with Crippen molar-refractivity contribution in [2.75, 3.05) is 30.6 Å². The number of benzene rings is 2. The lowest BCUT2D eigenvalue weighted by molar-refractivity contribution is -0.122. The second kappa shape index (κ2) is 9.35. The highest BCUT2D eigenvalue weighted by Gasteiger charge is 2.38. The molecule has 2 aromatic carbocycles. The van der Waals surface area contributed by atoms with Crippen molar-refractivity contribution in [3.05, 3.63) is 58.1 Å². The molecule has 4 rings (SSSR count). The van der Waals surface area contributed by atoms with Crippen LogP contribution in [0.1, 0.15) is 38.8 Å². The number of rotatable bonds is 5. The van der Waals surface area contributed by atoms with Gasteiger partial charge in [-0.25, -0.2) is 9.69 Å². The largest absolute Gasteiger partial charge is 0.497 e. The fraction of sp³-hybridized carbons (Fsp3) is 0.296. The van der Waals surface area contributed by atoms with E-state index in [4.69, 9.17) is 21.1 Å². The molecule has 0 aromatic heterocycles. The number of barbiturate groups is 1. The highest BCUT2D eigenvalue weighted by molar-refractivity contribution is 6.40. The van der Waals surface area contributed by atoms with Crippen molar-refractivity contribution < 1.29 is 23.9 Å². The van der Waals surface area contributed by atoms with Gasteiger partial charge in [0.1, 0.15) is 17.1 Å². The van der Waals surface area contributed by atoms with Crippen LogP contribution in [0.5, 0.6) is 11.5 Å². The van der Waals surface area contributed by atoms with Crippen molar-refractivity contribution in [3.8, 4) is 11.5 Å². The van der Waals surface area contributed by atoms with Crippen molar-refractivity contribution in [1.29, 1.82) is 0 Å². The number of anilines is 2. The van der Waals surface area contributed by atoms with E-state index < -0.39 is 17.8 Å². The van der Waals surface area contributed by atoms with Crippen LogP contribution in [0, 0.1) is 0 Å². The molecule has 2 aromatic rings. The molecule has 9 heteroatoms. The minimum Gasteiger partial charge on any atom is -0.497 e. The van der Waals surface area contributed by atoms with E-state index in [1.807, 2.05) is 19.1 Å². The first-order chi connectivity index (χ1) is 17.0. The van der Waals surface area contributed by atoms with Gasteiger partial charge in [-0.05, 0) is 69.2 Å². The minimum absolute atomic E-state index is 0.176. The number of urea groups is 1. The van der Waals surface area contributed by atoms with Crippen molar-refractivity contribution >= 4 is 52.5 Å².